The minimum absolute atomic E-state index is 0.0617. The van der Waals surface area contributed by atoms with Crippen molar-refractivity contribution < 1.29 is 49.4 Å². The summed E-state index contributed by atoms with van der Waals surface area (Å²) in [6.45, 7) is 1.26. The van der Waals surface area contributed by atoms with Crippen molar-refractivity contribution in [1.82, 2.24) is 24.9 Å². The Bertz CT molecular complexity index is 3460. The lowest BCUT2D eigenvalue weighted by Crippen LogP contribution is -2.14. The van der Waals surface area contributed by atoms with Gasteiger partial charge in [-0.3, -0.25) is 14.4 Å². The molecule has 10 rings (SSSR count). The van der Waals surface area contributed by atoms with E-state index >= 15 is 0 Å². The van der Waals surface area contributed by atoms with Gasteiger partial charge in [-0.2, -0.15) is 0 Å². The Morgan fingerprint density at radius 3 is 1.36 bits per heavy atom. The van der Waals surface area contributed by atoms with Crippen LogP contribution in [0, 0.1) is 0 Å². The molecule has 0 aliphatic rings. The van der Waals surface area contributed by atoms with E-state index in [1.165, 1.54) is 25.1 Å². The highest BCUT2D eigenvalue weighted by atomic mass is 35.5. The number of halogens is 2. The van der Waals surface area contributed by atoms with Crippen molar-refractivity contribution in [2.24, 2.45) is 0 Å². The number of pyridine rings is 5. The van der Waals surface area contributed by atoms with Crippen molar-refractivity contribution >= 4 is 95.6 Å². The molecule has 0 spiro atoms. The molecule has 0 saturated heterocycles. The third-order valence-electron chi connectivity index (χ3n) is 10.3. The number of phenols is 4. The summed E-state index contributed by atoms with van der Waals surface area (Å²) < 4.78 is 9.84. The van der Waals surface area contributed by atoms with Crippen molar-refractivity contribution in [2.75, 3.05) is 0 Å². The van der Waals surface area contributed by atoms with Crippen LogP contribution in [0.2, 0.25) is 10.0 Å². The SMILES string of the molecule is CC(=O)Oc1cccc2ccc(OC(=O)CC(=O)O)nc12.Oc1ccc(Cl)c2ccc(Cc3ccc4c(Cl)ccc(O)c4n3)nc12.Oc1cccc2ccc(Cc3ccc4cccc(O)c4n3)nc12. The maximum absolute atomic E-state index is 11.3. The van der Waals surface area contributed by atoms with Crippen LogP contribution in [0.1, 0.15) is 36.1 Å². The van der Waals surface area contributed by atoms with E-state index in [2.05, 4.69) is 24.9 Å². The second kappa shape index (κ2) is 20.5. The largest absolute Gasteiger partial charge is 0.506 e. The molecule has 5 aromatic carbocycles. The van der Waals surface area contributed by atoms with E-state index < -0.39 is 24.3 Å². The summed E-state index contributed by atoms with van der Waals surface area (Å²) in [5.41, 5.74) is 5.54. The van der Waals surface area contributed by atoms with E-state index in [-0.39, 0.29) is 34.6 Å². The van der Waals surface area contributed by atoms with Crippen molar-refractivity contribution in [2.45, 2.75) is 26.2 Å². The average Bonchev–Trinajstić information content (AvgIpc) is 3.32. The molecule has 0 amide bonds. The fourth-order valence-electron chi connectivity index (χ4n) is 7.20. The summed E-state index contributed by atoms with van der Waals surface area (Å²) in [6, 6.07) is 40.1. The first-order valence-corrected chi connectivity index (χ1v) is 21.6. The van der Waals surface area contributed by atoms with Gasteiger partial charge in [0.25, 0.3) is 0 Å². The smallest absolute Gasteiger partial charge is 0.323 e. The van der Waals surface area contributed by atoms with Crippen LogP contribution in [0.3, 0.4) is 0 Å². The zero-order valence-corrected chi connectivity index (χ0v) is 37.7. The van der Waals surface area contributed by atoms with Crippen LogP contribution in [0.5, 0.6) is 34.6 Å². The zero-order chi connectivity index (χ0) is 48.8. The van der Waals surface area contributed by atoms with Gasteiger partial charge in [0.15, 0.2) is 5.75 Å². The van der Waals surface area contributed by atoms with Gasteiger partial charge in [-0.05, 0) is 84.9 Å². The van der Waals surface area contributed by atoms with Crippen LogP contribution in [-0.4, -0.2) is 68.4 Å². The number of para-hydroxylation sites is 3. The first kappa shape index (κ1) is 46.9. The molecule has 0 aliphatic heterocycles. The fourth-order valence-corrected chi connectivity index (χ4v) is 7.63. The summed E-state index contributed by atoms with van der Waals surface area (Å²) >= 11 is 12.3. The quantitative estimate of drug-likeness (QED) is 0.0541. The molecule has 5 N–H and O–H groups in total. The molecule has 0 saturated carbocycles. The van der Waals surface area contributed by atoms with E-state index in [1.54, 1.807) is 60.7 Å². The van der Waals surface area contributed by atoms with Gasteiger partial charge in [-0.1, -0.05) is 71.7 Å². The number of aliphatic carboxylic acids is 1. The van der Waals surface area contributed by atoms with Crippen LogP contribution in [0.25, 0.3) is 54.5 Å². The number of ether oxygens (including phenoxy) is 2. The number of aromatic nitrogens is 5. The molecule has 69 heavy (non-hydrogen) atoms. The number of carboxylic acid groups (broad SMARTS) is 1. The molecule has 5 aromatic heterocycles. The fraction of sp³-hybridized carbons (Fsp3) is 0.0769. The van der Waals surface area contributed by atoms with Gasteiger partial charge in [0.1, 0.15) is 57.0 Å². The molecule has 0 bridgehead atoms. The molecule has 17 heteroatoms. The molecule has 0 radical (unpaired) electrons. The van der Waals surface area contributed by atoms with E-state index in [9.17, 15) is 34.8 Å². The number of fused-ring (bicyclic) bond motifs is 5. The lowest BCUT2D eigenvalue weighted by molar-refractivity contribution is -0.146. The summed E-state index contributed by atoms with van der Waals surface area (Å²) in [5, 5.41) is 53.3. The number of rotatable bonds is 8. The number of aromatic hydroxyl groups is 4. The molecular weight excluding hydrogens is 926 g/mol. The lowest BCUT2D eigenvalue weighted by Gasteiger charge is -2.08. The molecule has 10 aromatic rings. The molecule has 0 aliphatic carbocycles. The molecule has 0 atom stereocenters. The number of carbonyl (C=O) groups is 3. The van der Waals surface area contributed by atoms with Crippen LogP contribution >= 0.6 is 23.2 Å². The summed E-state index contributed by atoms with van der Waals surface area (Å²) in [4.78, 5) is 54.8. The van der Waals surface area contributed by atoms with Crippen molar-refractivity contribution in [3.8, 4) is 34.6 Å². The topological polar surface area (TPSA) is 235 Å². The highest BCUT2D eigenvalue weighted by molar-refractivity contribution is 6.36. The minimum Gasteiger partial charge on any atom is -0.506 e. The Labute approximate surface area is 401 Å². The number of phenolic OH excluding ortho intramolecular Hbond substituents is 4. The molecule has 0 fully saturated rings. The van der Waals surface area contributed by atoms with Crippen molar-refractivity contribution in [3.63, 3.8) is 0 Å². The zero-order valence-electron chi connectivity index (χ0n) is 36.2. The van der Waals surface area contributed by atoms with Gasteiger partial charge >= 0.3 is 17.9 Å². The third kappa shape index (κ3) is 11.1. The van der Waals surface area contributed by atoms with Crippen molar-refractivity contribution in [1.29, 1.82) is 0 Å². The Kier molecular flexibility index (Phi) is 13.9. The Morgan fingerprint density at radius 1 is 0.464 bits per heavy atom. The first-order valence-electron chi connectivity index (χ1n) is 20.9. The third-order valence-corrected chi connectivity index (χ3v) is 11.0. The standard InChI is InChI=1S/C19H12Cl2N2O2.C19H14N2O2.C14H11NO6/c20-14-5-7-16(24)18-12(14)3-1-10(22-18)9-11-2-4-13-15(21)6-8-17(25)19(13)23-11;22-16-5-1-3-12-7-9-14(20-18(12)16)11-15-10-8-13-4-2-6-17(23)19(13)21-15;1-8(16)20-10-4-2-3-9-5-6-11(15-14(9)10)21-13(19)7-12(17)18/h1-8,24-25H,9H2;1-10,22-23H,11H2;2-6H,7H2,1H3,(H,17,18). The highest BCUT2D eigenvalue weighted by Crippen LogP contribution is 2.32. The predicted octanol–water partition coefficient (Wildman–Crippen LogP) is 10.4. The van der Waals surface area contributed by atoms with Crippen LogP contribution in [0.4, 0.5) is 0 Å². The van der Waals surface area contributed by atoms with Crippen LogP contribution in [-0.2, 0) is 27.2 Å². The second-order valence-electron chi connectivity index (χ2n) is 15.3. The molecule has 15 nitrogen and oxygen atoms in total. The number of carboxylic acids is 1. The van der Waals surface area contributed by atoms with E-state index in [4.69, 9.17) is 37.8 Å². The number of hydrogen-bond acceptors (Lipinski definition) is 14. The van der Waals surface area contributed by atoms with E-state index in [1.807, 2.05) is 60.7 Å². The minimum atomic E-state index is -1.29. The van der Waals surface area contributed by atoms with Crippen LogP contribution < -0.4 is 9.47 Å². The molecule has 344 valence electrons. The van der Waals surface area contributed by atoms with Gasteiger partial charge in [0.05, 0.1) is 10.0 Å². The maximum atomic E-state index is 11.3. The van der Waals surface area contributed by atoms with Crippen molar-refractivity contribution in [3.05, 3.63) is 172 Å². The molecule has 5 heterocycles. The van der Waals surface area contributed by atoms with Gasteiger partial charge in [-0.25, -0.2) is 24.9 Å². The Hall–Kier alpha value is -8.66. The van der Waals surface area contributed by atoms with Gasteiger partial charge in [-0.15, -0.1) is 0 Å². The summed E-state index contributed by atoms with van der Waals surface area (Å²) in [7, 11) is 0. The summed E-state index contributed by atoms with van der Waals surface area (Å²) in [6.07, 6.45) is 0.226. The Morgan fingerprint density at radius 2 is 0.884 bits per heavy atom. The normalized spacial score (nSPS) is 10.9. The summed E-state index contributed by atoms with van der Waals surface area (Å²) in [5.74, 6) is -2.04. The van der Waals surface area contributed by atoms with Crippen LogP contribution in [0.15, 0.2) is 140 Å². The average molecular weight is 963 g/mol. The number of hydrogen-bond donors (Lipinski definition) is 5. The van der Waals surface area contributed by atoms with Gasteiger partial charge < -0.3 is 35.0 Å². The molecular formula is C52H37Cl2N5O10. The second-order valence-corrected chi connectivity index (χ2v) is 16.1. The predicted molar refractivity (Wildman–Crippen MR) is 260 cm³/mol. The lowest BCUT2D eigenvalue weighted by atomic mass is 10.1. The maximum Gasteiger partial charge on any atom is 0.323 e. The van der Waals surface area contributed by atoms with E-state index in [0.717, 1.165) is 33.5 Å². The highest BCUT2D eigenvalue weighted by Gasteiger charge is 2.14. The number of nitrogens with zero attached hydrogens (tertiary/aromatic N) is 5. The number of carbonyl (C=O) groups excluding carboxylic acids is 2. The number of benzene rings is 5. The van der Waals surface area contributed by atoms with Gasteiger partial charge in [0, 0.05) is 75.5 Å². The first-order chi connectivity index (χ1) is 33.2. The number of esters is 2. The van der Waals surface area contributed by atoms with E-state index in [0.29, 0.717) is 66.6 Å². The Balaban J connectivity index is 0.000000140. The van der Waals surface area contributed by atoms with Gasteiger partial charge in [0.2, 0.25) is 5.88 Å². The monoisotopic (exact) mass is 961 g/mol. The molecule has 0 unspecified atom stereocenters.